The van der Waals surface area contributed by atoms with Crippen molar-refractivity contribution < 1.29 is 0 Å². The molecule has 1 aliphatic rings. The molecule has 0 aliphatic heterocycles. The molecule has 0 fully saturated rings. The SMILES string of the molecule is c1ccc(-c2c3c(c(-c4ccccc4)c4cc(-c5c6ccccc6c(-c6ccc7ccccc7c6)c6ccccc56)ccc24)-c2cccc4cccc-3c24)cc1. The fraction of sp³-hybridized carbons (Fsp3) is 0. The summed E-state index contributed by atoms with van der Waals surface area (Å²) >= 11 is 0. The molecule has 0 bridgehead atoms. The van der Waals surface area contributed by atoms with Crippen molar-refractivity contribution in [2.45, 2.75) is 0 Å². The molecule has 56 heavy (non-hydrogen) atoms. The molecule has 0 saturated carbocycles. The largest absolute Gasteiger partial charge is 0.0622 e. The zero-order valence-corrected chi connectivity index (χ0v) is 30.6. The Morgan fingerprint density at radius 3 is 1.20 bits per heavy atom. The van der Waals surface area contributed by atoms with Gasteiger partial charge in [-0.1, -0.05) is 194 Å². The molecule has 0 spiro atoms. The first-order valence-corrected chi connectivity index (χ1v) is 19.5. The van der Waals surface area contributed by atoms with Crippen molar-refractivity contribution in [2.24, 2.45) is 0 Å². The van der Waals surface area contributed by atoms with Gasteiger partial charge >= 0.3 is 0 Å². The van der Waals surface area contributed by atoms with Gasteiger partial charge in [-0.2, -0.15) is 0 Å². The maximum absolute atomic E-state index is 2.50. The minimum atomic E-state index is 1.22. The molecule has 1 aliphatic carbocycles. The van der Waals surface area contributed by atoms with Crippen LogP contribution in [0.5, 0.6) is 0 Å². The Bertz CT molecular complexity index is 3330. The maximum Gasteiger partial charge on any atom is -0.000741 e. The van der Waals surface area contributed by atoms with Crippen LogP contribution in [-0.4, -0.2) is 0 Å². The first-order chi connectivity index (χ1) is 27.8. The van der Waals surface area contributed by atoms with Crippen molar-refractivity contribution in [3.05, 3.63) is 206 Å². The lowest BCUT2D eigenvalue weighted by Gasteiger charge is -2.22. The van der Waals surface area contributed by atoms with Crippen molar-refractivity contribution in [3.63, 3.8) is 0 Å². The van der Waals surface area contributed by atoms with Gasteiger partial charge in [0.25, 0.3) is 0 Å². The molecular formula is C56H34. The van der Waals surface area contributed by atoms with Gasteiger partial charge in [0.2, 0.25) is 0 Å². The summed E-state index contributed by atoms with van der Waals surface area (Å²) in [6.45, 7) is 0. The van der Waals surface area contributed by atoms with E-state index in [9.17, 15) is 0 Å². The van der Waals surface area contributed by atoms with Crippen LogP contribution < -0.4 is 0 Å². The van der Waals surface area contributed by atoms with Gasteiger partial charge in [-0.25, -0.2) is 0 Å². The first kappa shape index (κ1) is 31.1. The fourth-order valence-electron chi connectivity index (χ4n) is 9.84. The zero-order valence-electron chi connectivity index (χ0n) is 30.6. The van der Waals surface area contributed by atoms with Gasteiger partial charge in [-0.15, -0.1) is 0 Å². The molecule has 12 rings (SSSR count). The highest BCUT2D eigenvalue weighted by Gasteiger charge is 2.30. The molecule has 0 saturated heterocycles. The average molecular weight is 707 g/mol. The molecule has 258 valence electrons. The number of hydrogen-bond donors (Lipinski definition) is 0. The number of fused-ring (bicyclic) bond motifs is 7. The number of benzene rings is 11. The third-order valence-corrected chi connectivity index (χ3v) is 12.1. The summed E-state index contributed by atoms with van der Waals surface area (Å²) in [7, 11) is 0. The molecule has 0 nitrogen and oxygen atoms in total. The minimum Gasteiger partial charge on any atom is -0.0622 e. The van der Waals surface area contributed by atoms with Crippen LogP contribution in [0.15, 0.2) is 206 Å². The predicted octanol–water partition coefficient (Wildman–Crippen LogP) is 15.8. The van der Waals surface area contributed by atoms with E-state index in [1.54, 1.807) is 0 Å². The van der Waals surface area contributed by atoms with Crippen molar-refractivity contribution in [3.8, 4) is 66.8 Å². The Labute approximate surface area is 325 Å². The molecule has 0 heterocycles. The molecule has 0 aromatic heterocycles. The van der Waals surface area contributed by atoms with Gasteiger partial charge in [-0.3, -0.25) is 0 Å². The normalized spacial score (nSPS) is 11.9. The summed E-state index contributed by atoms with van der Waals surface area (Å²) in [6.07, 6.45) is 0. The van der Waals surface area contributed by atoms with Crippen LogP contribution in [0.3, 0.4) is 0 Å². The lowest BCUT2D eigenvalue weighted by molar-refractivity contribution is 1.62. The maximum atomic E-state index is 2.50. The summed E-state index contributed by atoms with van der Waals surface area (Å²) in [5.41, 5.74) is 15.4. The standard InChI is InChI=1S/C56H34/c1-3-16-37(17-4-1)53-46-32-31-41(34-49(46)54(38-18-5-2-6-19-38)56-48-28-14-22-36-21-13-27-47(50(36)48)55(53)56)52-44-25-11-9-23-42(44)51(43-24-10-12-26-45(43)52)40-30-29-35-15-7-8-20-39(35)33-40/h1-34H. The first-order valence-electron chi connectivity index (χ1n) is 19.5. The Morgan fingerprint density at radius 2 is 0.625 bits per heavy atom. The lowest BCUT2D eigenvalue weighted by atomic mass is 9.80. The highest BCUT2D eigenvalue weighted by Crippen LogP contribution is 2.58. The van der Waals surface area contributed by atoms with Crippen LogP contribution in [0, 0.1) is 0 Å². The topological polar surface area (TPSA) is 0 Å². The minimum absolute atomic E-state index is 1.22. The summed E-state index contributed by atoms with van der Waals surface area (Å²) in [5, 5.41) is 12.7. The second-order valence-electron chi connectivity index (χ2n) is 15.1. The molecule has 0 amide bonds. The van der Waals surface area contributed by atoms with Crippen LogP contribution in [0.1, 0.15) is 0 Å². The summed E-state index contributed by atoms with van der Waals surface area (Å²) in [6, 6.07) is 76.6. The monoisotopic (exact) mass is 706 g/mol. The molecule has 0 heteroatoms. The van der Waals surface area contributed by atoms with E-state index in [1.165, 1.54) is 121 Å². The van der Waals surface area contributed by atoms with Crippen LogP contribution in [0.4, 0.5) is 0 Å². The molecule has 11 aromatic carbocycles. The van der Waals surface area contributed by atoms with E-state index in [4.69, 9.17) is 0 Å². The molecule has 0 unspecified atom stereocenters. The Kier molecular flexibility index (Phi) is 6.73. The van der Waals surface area contributed by atoms with Crippen LogP contribution in [0.25, 0.3) is 121 Å². The van der Waals surface area contributed by atoms with E-state index in [1.807, 2.05) is 0 Å². The zero-order chi connectivity index (χ0) is 36.7. The van der Waals surface area contributed by atoms with Gasteiger partial charge in [-0.05, 0) is 133 Å². The average Bonchev–Trinajstić information content (AvgIpc) is 3.59. The van der Waals surface area contributed by atoms with E-state index in [0.29, 0.717) is 0 Å². The highest BCUT2D eigenvalue weighted by atomic mass is 14.3. The smallest absolute Gasteiger partial charge is 0.000741 e. The van der Waals surface area contributed by atoms with Gasteiger partial charge in [0.1, 0.15) is 0 Å². The van der Waals surface area contributed by atoms with E-state index < -0.39 is 0 Å². The third kappa shape index (κ3) is 4.48. The number of rotatable bonds is 4. The van der Waals surface area contributed by atoms with Gasteiger partial charge < -0.3 is 0 Å². The van der Waals surface area contributed by atoms with Crippen LogP contribution >= 0.6 is 0 Å². The van der Waals surface area contributed by atoms with Gasteiger partial charge in [0.05, 0.1) is 0 Å². The predicted molar refractivity (Wildman–Crippen MR) is 240 cm³/mol. The Hall–Kier alpha value is -7.28. The Balaban J connectivity index is 1.22. The van der Waals surface area contributed by atoms with Crippen molar-refractivity contribution in [2.75, 3.05) is 0 Å². The van der Waals surface area contributed by atoms with E-state index in [2.05, 4.69) is 206 Å². The van der Waals surface area contributed by atoms with Crippen molar-refractivity contribution >= 4 is 53.9 Å². The summed E-state index contributed by atoms with van der Waals surface area (Å²) in [4.78, 5) is 0. The molecular weight excluding hydrogens is 673 g/mol. The molecule has 11 aromatic rings. The Morgan fingerprint density at radius 1 is 0.196 bits per heavy atom. The highest BCUT2D eigenvalue weighted by molar-refractivity contribution is 6.29. The van der Waals surface area contributed by atoms with E-state index >= 15 is 0 Å². The summed E-state index contributed by atoms with van der Waals surface area (Å²) in [5.74, 6) is 0. The van der Waals surface area contributed by atoms with E-state index in [-0.39, 0.29) is 0 Å². The van der Waals surface area contributed by atoms with Crippen molar-refractivity contribution in [1.29, 1.82) is 0 Å². The molecule has 0 radical (unpaired) electrons. The second kappa shape index (κ2) is 12.1. The van der Waals surface area contributed by atoms with Crippen LogP contribution in [-0.2, 0) is 0 Å². The third-order valence-electron chi connectivity index (χ3n) is 12.1. The molecule has 0 N–H and O–H groups in total. The number of hydrogen-bond acceptors (Lipinski definition) is 0. The second-order valence-corrected chi connectivity index (χ2v) is 15.1. The van der Waals surface area contributed by atoms with Gasteiger partial charge in [0.15, 0.2) is 0 Å². The fourth-order valence-corrected chi connectivity index (χ4v) is 9.84. The molecule has 0 atom stereocenters. The quantitative estimate of drug-likeness (QED) is 0.160. The summed E-state index contributed by atoms with van der Waals surface area (Å²) < 4.78 is 0. The lowest BCUT2D eigenvalue weighted by Crippen LogP contribution is -1.95. The van der Waals surface area contributed by atoms with Crippen LogP contribution in [0.2, 0.25) is 0 Å². The van der Waals surface area contributed by atoms with Crippen molar-refractivity contribution in [1.82, 2.24) is 0 Å². The van der Waals surface area contributed by atoms with Gasteiger partial charge in [0, 0.05) is 0 Å². The van der Waals surface area contributed by atoms with E-state index in [0.717, 1.165) is 0 Å².